The first-order chi connectivity index (χ1) is 8.63. The third kappa shape index (κ3) is 2.33. The Morgan fingerprint density at radius 2 is 2.33 bits per heavy atom. The Labute approximate surface area is 109 Å². The lowest BCUT2D eigenvalue weighted by Gasteiger charge is -1.99. The summed E-state index contributed by atoms with van der Waals surface area (Å²) in [5.41, 5.74) is 7.17. The number of ether oxygens (including phenoxy) is 1. The van der Waals surface area contributed by atoms with E-state index in [-0.39, 0.29) is 5.97 Å². The fraction of sp³-hybridized carbons (Fsp3) is 0.250. The number of carbonyl (C=O) groups excluding carboxylic acids is 1. The van der Waals surface area contributed by atoms with Gasteiger partial charge in [-0.2, -0.15) is 0 Å². The van der Waals surface area contributed by atoms with Crippen LogP contribution in [0.1, 0.15) is 22.3 Å². The number of rotatable bonds is 3. The molecule has 0 aliphatic rings. The van der Waals surface area contributed by atoms with Gasteiger partial charge in [-0.05, 0) is 26.0 Å². The van der Waals surface area contributed by atoms with Crippen molar-refractivity contribution in [1.29, 1.82) is 0 Å². The van der Waals surface area contributed by atoms with Crippen molar-refractivity contribution in [2.75, 3.05) is 12.3 Å². The van der Waals surface area contributed by atoms with E-state index in [2.05, 4.69) is 9.97 Å². The van der Waals surface area contributed by atoms with Gasteiger partial charge in [0.2, 0.25) is 0 Å². The van der Waals surface area contributed by atoms with Crippen LogP contribution in [0, 0.1) is 6.92 Å². The molecule has 0 aromatic carbocycles. The van der Waals surface area contributed by atoms with E-state index in [0.717, 1.165) is 5.56 Å². The molecule has 0 spiro atoms. The van der Waals surface area contributed by atoms with Crippen LogP contribution in [0.3, 0.4) is 0 Å². The van der Waals surface area contributed by atoms with E-state index < -0.39 is 0 Å². The number of aromatic nitrogens is 2. The molecule has 0 aliphatic heterocycles. The summed E-state index contributed by atoms with van der Waals surface area (Å²) in [5.74, 6) is 0.0582. The molecule has 0 fully saturated rings. The summed E-state index contributed by atoms with van der Waals surface area (Å²) in [6, 6.07) is 3.61. The first-order valence-corrected chi connectivity index (χ1v) is 6.30. The fourth-order valence-corrected chi connectivity index (χ4v) is 2.49. The van der Waals surface area contributed by atoms with Gasteiger partial charge in [-0.25, -0.2) is 14.8 Å². The maximum absolute atomic E-state index is 11.7. The molecule has 0 bridgehead atoms. The Kier molecular flexibility index (Phi) is 3.57. The van der Waals surface area contributed by atoms with Crippen molar-refractivity contribution in [2.45, 2.75) is 13.8 Å². The highest BCUT2D eigenvalue weighted by Gasteiger charge is 2.18. The summed E-state index contributed by atoms with van der Waals surface area (Å²) in [4.78, 5) is 20.6. The average Bonchev–Trinajstić information content (AvgIpc) is 2.72. The molecule has 2 rings (SSSR count). The number of pyridine rings is 1. The molecule has 18 heavy (non-hydrogen) atoms. The maximum Gasteiger partial charge on any atom is 0.350 e. The van der Waals surface area contributed by atoms with E-state index in [1.807, 2.05) is 6.07 Å². The highest BCUT2D eigenvalue weighted by atomic mass is 32.1. The maximum atomic E-state index is 11.7. The molecular formula is C12H13N3O2S. The second-order valence-corrected chi connectivity index (χ2v) is 4.59. The third-order valence-electron chi connectivity index (χ3n) is 2.33. The number of thiazole rings is 1. The Morgan fingerprint density at radius 3 is 3.00 bits per heavy atom. The Bertz CT molecular complexity index is 580. The average molecular weight is 263 g/mol. The first-order valence-electron chi connectivity index (χ1n) is 5.49. The van der Waals surface area contributed by atoms with Gasteiger partial charge in [-0.15, -0.1) is 11.3 Å². The van der Waals surface area contributed by atoms with Crippen LogP contribution in [-0.4, -0.2) is 22.5 Å². The van der Waals surface area contributed by atoms with Crippen LogP contribution in [-0.2, 0) is 4.74 Å². The first kappa shape index (κ1) is 12.5. The van der Waals surface area contributed by atoms with Crippen LogP contribution < -0.4 is 5.73 Å². The second kappa shape index (κ2) is 5.14. The highest BCUT2D eigenvalue weighted by Crippen LogP contribution is 2.30. The quantitative estimate of drug-likeness (QED) is 0.859. The van der Waals surface area contributed by atoms with E-state index in [1.165, 1.54) is 11.3 Å². The zero-order chi connectivity index (χ0) is 13.1. The van der Waals surface area contributed by atoms with Gasteiger partial charge < -0.3 is 10.5 Å². The summed E-state index contributed by atoms with van der Waals surface area (Å²) < 4.78 is 4.97. The van der Waals surface area contributed by atoms with Crippen molar-refractivity contribution < 1.29 is 9.53 Å². The molecule has 0 saturated carbocycles. The number of esters is 1. The summed E-state index contributed by atoms with van der Waals surface area (Å²) in [5, 5.41) is 0.682. The van der Waals surface area contributed by atoms with Gasteiger partial charge >= 0.3 is 5.97 Å². The van der Waals surface area contributed by atoms with E-state index >= 15 is 0 Å². The van der Waals surface area contributed by atoms with Crippen molar-refractivity contribution in [1.82, 2.24) is 9.97 Å². The molecule has 0 unspecified atom stereocenters. The highest BCUT2D eigenvalue weighted by molar-refractivity contribution is 7.17. The van der Waals surface area contributed by atoms with Gasteiger partial charge in [0.25, 0.3) is 0 Å². The summed E-state index contributed by atoms with van der Waals surface area (Å²) >= 11 is 1.27. The number of hydrogen-bond acceptors (Lipinski definition) is 6. The fourth-order valence-electron chi connectivity index (χ4n) is 1.50. The van der Waals surface area contributed by atoms with Crippen LogP contribution in [0.15, 0.2) is 18.3 Å². The minimum absolute atomic E-state index is 0.346. The smallest absolute Gasteiger partial charge is 0.350 e. The third-order valence-corrected chi connectivity index (χ3v) is 3.50. The van der Waals surface area contributed by atoms with Crippen LogP contribution in [0.2, 0.25) is 0 Å². The molecule has 2 heterocycles. The number of hydrogen-bond donors (Lipinski definition) is 1. The summed E-state index contributed by atoms with van der Waals surface area (Å²) in [7, 11) is 0. The molecule has 94 valence electrons. The van der Waals surface area contributed by atoms with Gasteiger partial charge in [0, 0.05) is 6.20 Å². The van der Waals surface area contributed by atoms with E-state index in [9.17, 15) is 4.79 Å². The molecule has 0 aliphatic carbocycles. The van der Waals surface area contributed by atoms with Crippen LogP contribution in [0.25, 0.3) is 10.6 Å². The number of nitrogens with zero attached hydrogens (tertiary/aromatic N) is 2. The normalized spacial score (nSPS) is 10.3. The Hall–Kier alpha value is -1.95. The number of carbonyl (C=O) groups is 1. The topological polar surface area (TPSA) is 78.1 Å². The number of nitrogen functional groups attached to an aromatic ring is 1. The zero-order valence-electron chi connectivity index (χ0n) is 10.1. The molecule has 0 saturated heterocycles. The van der Waals surface area contributed by atoms with Crippen LogP contribution >= 0.6 is 11.3 Å². The number of anilines is 1. The van der Waals surface area contributed by atoms with Gasteiger partial charge in [0.05, 0.1) is 17.9 Å². The van der Waals surface area contributed by atoms with E-state index in [4.69, 9.17) is 10.5 Å². The van der Waals surface area contributed by atoms with Crippen molar-refractivity contribution in [2.24, 2.45) is 0 Å². The molecule has 2 aromatic heterocycles. The SMILES string of the molecule is CCOC(=O)c1sc(-c2cccnc2N)nc1C. The lowest BCUT2D eigenvalue weighted by atomic mass is 10.3. The van der Waals surface area contributed by atoms with Crippen molar-refractivity contribution in [3.8, 4) is 10.6 Å². The molecule has 2 aromatic rings. The lowest BCUT2D eigenvalue weighted by Crippen LogP contribution is -2.03. The molecule has 6 heteroatoms. The van der Waals surface area contributed by atoms with Crippen molar-refractivity contribution in [3.63, 3.8) is 0 Å². The van der Waals surface area contributed by atoms with Crippen LogP contribution in [0.4, 0.5) is 5.82 Å². The lowest BCUT2D eigenvalue weighted by molar-refractivity contribution is 0.0531. The standard InChI is InChI=1S/C12H13N3O2S/c1-3-17-12(16)9-7(2)15-11(18-9)8-5-4-6-14-10(8)13/h4-6H,3H2,1-2H3,(H2,13,14). The van der Waals surface area contributed by atoms with Gasteiger partial charge in [-0.1, -0.05) is 0 Å². The van der Waals surface area contributed by atoms with E-state index in [0.29, 0.717) is 28.0 Å². The molecule has 0 atom stereocenters. The molecule has 0 amide bonds. The predicted octanol–water partition coefficient (Wildman–Crippen LogP) is 2.27. The monoisotopic (exact) mass is 263 g/mol. The molecule has 2 N–H and O–H groups in total. The second-order valence-electron chi connectivity index (χ2n) is 3.59. The predicted molar refractivity (Wildman–Crippen MR) is 70.5 cm³/mol. The van der Waals surface area contributed by atoms with E-state index in [1.54, 1.807) is 26.1 Å². The van der Waals surface area contributed by atoms with Gasteiger partial charge in [-0.3, -0.25) is 0 Å². The van der Waals surface area contributed by atoms with Crippen LogP contribution in [0.5, 0.6) is 0 Å². The Morgan fingerprint density at radius 1 is 1.56 bits per heavy atom. The minimum Gasteiger partial charge on any atom is -0.462 e. The molecule has 0 radical (unpaired) electrons. The minimum atomic E-state index is -0.346. The van der Waals surface area contributed by atoms with Gasteiger partial charge in [0.1, 0.15) is 15.7 Å². The number of nitrogens with two attached hydrogens (primary N) is 1. The van der Waals surface area contributed by atoms with Crippen molar-refractivity contribution >= 4 is 23.1 Å². The number of aryl methyl sites for hydroxylation is 1. The van der Waals surface area contributed by atoms with Crippen molar-refractivity contribution in [3.05, 3.63) is 28.9 Å². The summed E-state index contributed by atoms with van der Waals surface area (Å²) in [6.45, 7) is 3.90. The van der Waals surface area contributed by atoms with Gasteiger partial charge in [0.15, 0.2) is 0 Å². The molecule has 5 nitrogen and oxygen atoms in total. The largest absolute Gasteiger partial charge is 0.462 e. The zero-order valence-corrected chi connectivity index (χ0v) is 11.0. The molecular weight excluding hydrogens is 250 g/mol. The summed E-state index contributed by atoms with van der Waals surface area (Å²) in [6.07, 6.45) is 1.62. The Balaban J connectivity index is 2.41.